The Morgan fingerprint density at radius 1 is 0.597 bits per heavy atom. The lowest BCUT2D eigenvalue weighted by atomic mass is 9.90. The maximum absolute atomic E-state index is 12.9. The van der Waals surface area contributed by atoms with Crippen LogP contribution in [-0.4, -0.2) is 118 Å². The molecule has 2 saturated heterocycles. The van der Waals surface area contributed by atoms with Crippen LogP contribution in [0, 0.1) is 0 Å². The van der Waals surface area contributed by atoms with Gasteiger partial charge in [-0.15, -0.1) is 12.4 Å². The van der Waals surface area contributed by atoms with Crippen LogP contribution < -0.4 is 24.3 Å². The Labute approximate surface area is 427 Å². The first-order valence-electron chi connectivity index (χ1n) is 23.9. The summed E-state index contributed by atoms with van der Waals surface area (Å²) in [6.45, 7) is 7.95. The van der Waals surface area contributed by atoms with Crippen LogP contribution in [0.2, 0.25) is 0 Å². The molecule has 72 heavy (non-hydrogen) atoms. The number of hydrogen-bond donors (Lipinski definition) is 6. The van der Waals surface area contributed by atoms with Crippen molar-refractivity contribution in [3.05, 3.63) is 177 Å². The number of aliphatic hydroxyl groups excluding tert-OH is 4. The number of likely N-dealkylation sites (tertiary alicyclic amines) is 1. The molecular formula is C56H67ClN4O11. The first kappa shape index (κ1) is 56.3. The zero-order valence-electron chi connectivity index (χ0n) is 41.3. The zero-order chi connectivity index (χ0) is 50.7. The summed E-state index contributed by atoms with van der Waals surface area (Å²) in [5.41, 5.74) is 9.02. The molecule has 0 aliphatic carbocycles. The summed E-state index contributed by atoms with van der Waals surface area (Å²) in [4.78, 5) is 33.0. The van der Waals surface area contributed by atoms with Gasteiger partial charge in [0.1, 0.15) is 24.6 Å². The molecule has 2 unspecified atom stereocenters. The molecule has 4 aromatic carbocycles. The van der Waals surface area contributed by atoms with Crippen LogP contribution in [0.4, 0.5) is 0 Å². The molecule has 384 valence electrons. The third-order valence-electron chi connectivity index (χ3n) is 12.4. The van der Waals surface area contributed by atoms with Gasteiger partial charge < -0.3 is 54.7 Å². The molecular weight excluding hydrogens is 940 g/mol. The molecule has 6 N–H and O–H groups in total. The predicted octanol–water partition coefficient (Wildman–Crippen LogP) is 6.99. The molecule has 0 bridgehead atoms. The molecule has 15 nitrogen and oxygen atoms in total. The van der Waals surface area contributed by atoms with E-state index in [1.807, 2.05) is 24.3 Å². The number of pyridine rings is 2. The first-order chi connectivity index (χ1) is 34.4. The molecule has 0 spiro atoms. The topological polar surface area (TPSA) is 213 Å². The Morgan fingerprint density at radius 3 is 1.43 bits per heavy atom. The largest absolute Gasteiger partial charge is 0.493 e. The van der Waals surface area contributed by atoms with Gasteiger partial charge in [-0.2, -0.15) is 0 Å². The molecule has 0 saturated carbocycles. The fourth-order valence-electron chi connectivity index (χ4n) is 7.83. The lowest BCUT2D eigenvalue weighted by Crippen LogP contribution is -2.48. The van der Waals surface area contributed by atoms with Crippen molar-refractivity contribution in [1.29, 1.82) is 0 Å². The highest BCUT2D eigenvalue weighted by Gasteiger charge is 2.33. The van der Waals surface area contributed by atoms with Crippen LogP contribution >= 0.6 is 12.4 Å². The predicted molar refractivity (Wildman–Crippen MR) is 277 cm³/mol. The average Bonchev–Trinajstić information content (AvgIpc) is 3.37. The van der Waals surface area contributed by atoms with Gasteiger partial charge in [-0.05, 0) is 106 Å². The maximum Gasteiger partial charge on any atom is 0.354 e. The number of aromatic nitrogens is 2. The summed E-state index contributed by atoms with van der Waals surface area (Å²) in [5, 5.41) is 48.3. The van der Waals surface area contributed by atoms with Gasteiger partial charge in [0.05, 0.1) is 39.6 Å². The Kier molecular flexibility index (Phi) is 22.3. The molecule has 2 aliphatic rings. The summed E-state index contributed by atoms with van der Waals surface area (Å²) >= 11 is 0. The summed E-state index contributed by atoms with van der Waals surface area (Å²) in [6.07, 6.45) is 3.79. The minimum atomic E-state index is -1.11. The third-order valence-corrected chi connectivity index (χ3v) is 12.4. The molecule has 8 rings (SSSR count). The van der Waals surface area contributed by atoms with Gasteiger partial charge in [0, 0.05) is 63.3 Å². The smallest absolute Gasteiger partial charge is 0.354 e. The molecule has 1 amide bonds. The summed E-state index contributed by atoms with van der Waals surface area (Å²) in [6, 6.07) is 35.6. The van der Waals surface area contributed by atoms with Gasteiger partial charge >= 0.3 is 5.97 Å². The maximum atomic E-state index is 12.9. The number of amides is 1. The normalized spacial score (nSPS) is 13.8. The minimum absolute atomic E-state index is 0. The highest BCUT2D eigenvalue weighted by molar-refractivity contribution is 5.93. The van der Waals surface area contributed by atoms with Crippen LogP contribution in [0.15, 0.2) is 122 Å². The number of carbonyl (C=O) groups excluding carboxylic acids is 1. The van der Waals surface area contributed by atoms with Gasteiger partial charge in [0.25, 0.3) is 5.91 Å². The lowest BCUT2D eigenvalue weighted by molar-refractivity contribution is 0.0594. The van der Waals surface area contributed by atoms with Crippen molar-refractivity contribution in [1.82, 2.24) is 20.2 Å². The number of aliphatic hydroxyl groups is 4. The summed E-state index contributed by atoms with van der Waals surface area (Å²) in [7, 11) is 3.33. The van der Waals surface area contributed by atoms with E-state index in [2.05, 4.69) is 89.8 Å². The van der Waals surface area contributed by atoms with Crippen LogP contribution in [0.3, 0.4) is 0 Å². The van der Waals surface area contributed by atoms with Gasteiger partial charge in [-0.3, -0.25) is 9.78 Å². The number of benzene rings is 4. The molecule has 2 aliphatic heterocycles. The van der Waals surface area contributed by atoms with Crippen molar-refractivity contribution >= 4 is 24.3 Å². The Balaban J connectivity index is 0.000000221. The Bertz CT molecular complexity index is 2630. The Hall–Kier alpha value is -6.59. The van der Waals surface area contributed by atoms with Crippen molar-refractivity contribution in [3.63, 3.8) is 0 Å². The second-order valence-electron chi connectivity index (χ2n) is 17.5. The van der Waals surface area contributed by atoms with E-state index in [1.54, 1.807) is 43.5 Å². The monoisotopic (exact) mass is 1010 g/mol. The van der Waals surface area contributed by atoms with Crippen LogP contribution in [0.5, 0.6) is 23.0 Å². The van der Waals surface area contributed by atoms with Crippen LogP contribution in [0.25, 0.3) is 0 Å². The van der Waals surface area contributed by atoms with Crippen molar-refractivity contribution in [2.45, 2.75) is 76.8 Å². The van der Waals surface area contributed by atoms with Crippen LogP contribution in [-0.2, 0) is 38.9 Å². The number of nitrogens with one attached hydrogen (secondary N) is 1. The summed E-state index contributed by atoms with van der Waals surface area (Å²) < 4.78 is 23.0. The van der Waals surface area contributed by atoms with Crippen molar-refractivity contribution in [2.24, 2.45) is 0 Å². The molecule has 2 fully saturated rings. The van der Waals surface area contributed by atoms with E-state index in [0.717, 1.165) is 54.1 Å². The minimum Gasteiger partial charge on any atom is -0.493 e. The number of carboxylic acids is 1. The number of aromatic carboxylic acids is 1. The number of halogens is 1. The molecule has 4 heterocycles. The number of carboxylic acid groups (broad SMARTS) is 1. The Morgan fingerprint density at radius 2 is 1.03 bits per heavy atom. The van der Waals surface area contributed by atoms with E-state index in [1.165, 1.54) is 34.5 Å². The van der Waals surface area contributed by atoms with E-state index < -0.39 is 18.2 Å². The highest BCUT2D eigenvalue weighted by atomic mass is 35.5. The first-order valence-corrected chi connectivity index (χ1v) is 23.9. The number of nitrogens with zero attached hydrogens (tertiary/aromatic N) is 3. The average molecular weight is 1010 g/mol. The van der Waals surface area contributed by atoms with Gasteiger partial charge in [-0.25, -0.2) is 9.78 Å². The molecule has 0 radical (unpaired) electrons. The number of methoxy groups -OCH3 is 2. The van der Waals surface area contributed by atoms with Crippen LogP contribution in [0.1, 0.15) is 91.2 Å². The number of aryl methyl sites for hydroxylation is 2. The number of hydrogen-bond acceptors (Lipinski definition) is 13. The molecule has 2 aromatic heterocycles. The van der Waals surface area contributed by atoms with E-state index in [9.17, 15) is 14.7 Å². The van der Waals surface area contributed by atoms with E-state index >= 15 is 0 Å². The number of rotatable bonds is 20. The lowest BCUT2D eigenvalue weighted by Gasteiger charge is -2.39. The fraction of sp³-hybridized carbons (Fsp3) is 0.357. The van der Waals surface area contributed by atoms with Crippen molar-refractivity contribution in [2.75, 3.05) is 53.6 Å². The highest BCUT2D eigenvalue weighted by Crippen LogP contribution is 2.36. The second-order valence-corrected chi connectivity index (χ2v) is 17.5. The van der Waals surface area contributed by atoms with Crippen molar-refractivity contribution < 1.29 is 54.1 Å². The molecule has 6 aromatic rings. The molecule has 2 atom stereocenters. The standard InChI is InChI=1S/C28H32N2O5.C19H23NO2.C9H11NO4.ClH/c1-3-19-4-6-20(7-5-19)18-35-26-9-8-22(14-27(26)34-2)23-15-30(16-23)28(33)25-13-21(10-11-29-25)12-24(32)17-31;1-3-14-4-6-15(7-5-14)13-22-18-9-8-16(10-19(18)21-2)17-11-20-12-17;11-5-7(12)3-6-1-2-10-8(4-6)9(13)14;/h4-11,13-14,23-24,31-32H,3,12,15-18H2,1-2H3;4-10,17,20H,3,11-13H2,1-2H3;1-2,4,7,11-12H,3,5H2,(H,13,14);1H. The SMILES string of the molecule is CCc1ccc(COc2ccc(C3CN(C(=O)c4cc(CC(O)CO)ccn4)C3)cc2OC)cc1.CCc1ccc(COc2ccc(C3CNC3)cc2OC)cc1.Cl.O=C(O)c1cc(CC(O)CO)ccn1. The second kappa shape index (κ2) is 28.4. The van der Waals surface area contributed by atoms with Gasteiger partial charge in [0.15, 0.2) is 23.0 Å². The molecule has 16 heteroatoms. The van der Waals surface area contributed by atoms with Gasteiger partial charge in [-0.1, -0.05) is 74.5 Å². The van der Waals surface area contributed by atoms with Crippen molar-refractivity contribution in [3.8, 4) is 23.0 Å². The zero-order valence-corrected chi connectivity index (χ0v) is 42.1. The fourth-order valence-corrected chi connectivity index (χ4v) is 7.83. The number of carbonyl (C=O) groups is 2. The van der Waals surface area contributed by atoms with Gasteiger partial charge in [0.2, 0.25) is 0 Å². The quantitative estimate of drug-likeness (QED) is 0.0455. The summed E-state index contributed by atoms with van der Waals surface area (Å²) in [5.74, 6) is 2.55. The third kappa shape index (κ3) is 16.2. The van der Waals surface area contributed by atoms with E-state index in [4.69, 9.17) is 39.4 Å². The van der Waals surface area contributed by atoms with E-state index in [0.29, 0.717) is 55.0 Å². The van der Waals surface area contributed by atoms with E-state index in [-0.39, 0.29) is 56.0 Å². The number of ether oxygens (including phenoxy) is 4.